The molecule has 2 aromatic rings. The van der Waals surface area contributed by atoms with Gasteiger partial charge in [-0.05, 0) is 37.0 Å². The van der Waals surface area contributed by atoms with Crippen molar-refractivity contribution in [3.63, 3.8) is 0 Å². The van der Waals surface area contributed by atoms with Gasteiger partial charge in [-0.1, -0.05) is 13.0 Å². The summed E-state index contributed by atoms with van der Waals surface area (Å²) in [6.07, 6.45) is 2.54. The first kappa shape index (κ1) is 10.4. The molecule has 0 bridgehead atoms. The number of hydrogen-bond donors (Lipinski definition) is 0. The van der Waals surface area contributed by atoms with Crippen LogP contribution in [-0.4, -0.2) is 14.8 Å². The minimum absolute atomic E-state index is 0.164. The second kappa shape index (κ2) is 3.65. The van der Waals surface area contributed by atoms with Gasteiger partial charge in [0.1, 0.15) is 17.5 Å². The second-order valence-electron chi connectivity index (χ2n) is 4.44. The van der Waals surface area contributed by atoms with E-state index in [2.05, 4.69) is 16.3 Å². The molecule has 0 saturated carbocycles. The molecule has 0 radical (unpaired) electrons. The first-order valence-corrected chi connectivity index (χ1v) is 5.93. The molecule has 0 atom stereocenters. The summed E-state index contributed by atoms with van der Waals surface area (Å²) < 4.78 is 16.0. The minimum atomic E-state index is -0.164. The highest BCUT2D eigenvalue weighted by atomic mass is 19.1. The van der Waals surface area contributed by atoms with Gasteiger partial charge in [0.25, 0.3) is 0 Å². The fraction of sp³-hybridized carbons (Fsp3) is 0.385. The quantitative estimate of drug-likeness (QED) is 0.754. The lowest BCUT2D eigenvalue weighted by Gasteiger charge is -2.20. The normalized spacial score (nSPS) is 13.4. The maximum atomic E-state index is 14.2. The molecule has 1 aliphatic rings. The Morgan fingerprint density at radius 1 is 1.29 bits per heavy atom. The first-order valence-electron chi connectivity index (χ1n) is 5.93. The van der Waals surface area contributed by atoms with Gasteiger partial charge in [-0.15, -0.1) is 10.2 Å². The van der Waals surface area contributed by atoms with E-state index in [9.17, 15) is 4.39 Å². The first-order chi connectivity index (χ1) is 8.20. The number of aromatic nitrogens is 3. The summed E-state index contributed by atoms with van der Waals surface area (Å²) in [5.74, 6) is 1.45. The Morgan fingerprint density at radius 3 is 2.88 bits per heavy atom. The predicted molar refractivity (Wildman–Crippen MR) is 62.8 cm³/mol. The van der Waals surface area contributed by atoms with Crippen LogP contribution in [0.4, 0.5) is 4.39 Å². The fourth-order valence-electron chi connectivity index (χ4n) is 2.47. The van der Waals surface area contributed by atoms with Crippen LogP contribution < -0.4 is 0 Å². The SMILES string of the molecule is CCc1cc(F)c2c(c1)CCc1nnc(C)n1-2. The van der Waals surface area contributed by atoms with Gasteiger partial charge < -0.3 is 0 Å². The highest BCUT2D eigenvalue weighted by molar-refractivity contribution is 5.48. The molecule has 4 heteroatoms. The van der Waals surface area contributed by atoms with E-state index >= 15 is 0 Å². The zero-order valence-electron chi connectivity index (χ0n) is 10.00. The number of fused-ring (bicyclic) bond motifs is 3. The number of benzene rings is 1. The largest absolute Gasteiger partial charge is 0.280 e. The molecule has 0 N–H and O–H groups in total. The van der Waals surface area contributed by atoms with Gasteiger partial charge in [0.2, 0.25) is 0 Å². The van der Waals surface area contributed by atoms with Gasteiger partial charge in [0.15, 0.2) is 0 Å². The average molecular weight is 231 g/mol. The van der Waals surface area contributed by atoms with Crippen LogP contribution in [0.25, 0.3) is 5.69 Å². The Bertz CT molecular complexity index is 587. The van der Waals surface area contributed by atoms with Crippen LogP contribution in [0.2, 0.25) is 0 Å². The van der Waals surface area contributed by atoms with Gasteiger partial charge in [-0.3, -0.25) is 4.57 Å². The van der Waals surface area contributed by atoms with Crippen LogP contribution in [0.5, 0.6) is 0 Å². The molecule has 0 saturated heterocycles. The van der Waals surface area contributed by atoms with Gasteiger partial charge >= 0.3 is 0 Å². The maximum absolute atomic E-state index is 14.2. The van der Waals surface area contributed by atoms with Crippen molar-refractivity contribution in [2.45, 2.75) is 33.1 Å². The van der Waals surface area contributed by atoms with Crippen molar-refractivity contribution in [3.05, 3.63) is 40.7 Å². The molecule has 0 unspecified atom stereocenters. The highest BCUT2D eigenvalue weighted by Gasteiger charge is 2.23. The molecule has 0 amide bonds. The topological polar surface area (TPSA) is 30.7 Å². The maximum Gasteiger partial charge on any atom is 0.147 e. The minimum Gasteiger partial charge on any atom is -0.280 e. The molecule has 1 aliphatic heterocycles. The van der Waals surface area contributed by atoms with Crippen LogP contribution >= 0.6 is 0 Å². The molecule has 3 nitrogen and oxygen atoms in total. The van der Waals surface area contributed by atoms with Crippen LogP contribution in [0.15, 0.2) is 12.1 Å². The van der Waals surface area contributed by atoms with Gasteiger partial charge in [-0.25, -0.2) is 4.39 Å². The van der Waals surface area contributed by atoms with Crippen molar-refractivity contribution in [2.75, 3.05) is 0 Å². The molecule has 0 spiro atoms. The monoisotopic (exact) mass is 231 g/mol. The molecule has 88 valence electrons. The summed E-state index contributed by atoms with van der Waals surface area (Å²) in [4.78, 5) is 0. The number of nitrogens with zero attached hydrogens (tertiary/aromatic N) is 3. The molecule has 17 heavy (non-hydrogen) atoms. The van der Waals surface area contributed by atoms with Crippen LogP contribution in [-0.2, 0) is 19.3 Å². The standard InChI is InChI=1S/C13H14FN3/c1-3-9-6-10-4-5-12-16-15-8(2)17(12)13(10)11(14)7-9/h6-7H,3-5H2,1-2H3. The molecular weight excluding hydrogens is 217 g/mol. The molecular formula is C13H14FN3. The van der Waals surface area contributed by atoms with E-state index < -0.39 is 0 Å². The lowest BCUT2D eigenvalue weighted by Crippen LogP contribution is -2.15. The fourth-order valence-corrected chi connectivity index (χ4v) is 2.47. The third-order valence-electron chi connectivity index (χ3n) is 3.34. The van der Waals surface area contributed by atoms with Gasteiger partial charge in [0, 0.05) is 6.42 Å². The Morgan fingerprint density at radius 2 is 2.12 bits per heavy atom. The Kier molecular flexibility index (Phi) is 2.24. The summed E-state index contributed by atoms with van der Waals surface area (Å²) in [5, 5.41) is 8.11. The lowest BCUT2D eigenvalue weighted by molar-refractivity contribution is 0.599. The van der Waals surface area contributed by atoms with Crippen molar-refractivity contribution < 1.29 is 4.39 Å². The van der Waals surface area contributed by atoms with E-state index in [1.807, 2.05) is 18.4 Å². The van der Waals surface area contributed by atoms with E-state index in [1.54, 1.807) is 6.07 Å². The molecule has 2 heterocycles. The Balaban J connectivity index is 2.28. The molecule has 3 rings (SSSR count). The third kappa shape index (κ3) is 1.47. The van der Waals surface area contributed by atoms with Crippen LogP contribution in [0.1, 0.15) is 29.7 Å². The predicted octanol–water partition coefficient (Wildman–Crippen LogP) is 2.38. The van der Waals surface area contributed by atoms with Crippen LogP contribution in [0, 0.1) is 12.7 Å². The summed E-state index contributed by atoms with van der Waals surface area (Å²) >= 11 is 0. The molecule has 0 aliphatic carbocycles. The molecule has 1 aromatic heterocycles. The van der Waals surface area contributed by atoms with Crippen molar-refractivity contribution in [1.29, 1.82) is 0 Å². The van der Waals surface area contributed by atoms with Crippen molar-refractivity contribution in [1.82, 2.24) is 14.8 Å². The van der Waals surface area contributed by atoms with E-state index in [1.165, 1.54) is 0 Å². The van der Waals surface area contributed by atoms with E-state index in [4.69, 9.17) is 0 Å². The van der Waals surface area contributed by atoms with Gasteiger partial charge in [-0.2, -0.15) is 0 Å². The van der Waals surface area contributed by atoms with E-state index in [0.717, 1.165) is 42.0 Å². The number of aryl methyl sites for hydroxylation is 4. The number of halogens is 1. The van der Waals surface area contributed by atoms with Crippen LogP contribution in [0.3, 0.4) is 0 Å². The summed E-state index contributed by atoms with van der Waals surface area (Å²) in [5.41, 5.74) is 2.76. The van der Waals surface area contributed by atoms with E-state index in [-0.39, 0.29) is 5.82 Å². The smallest absolute Gasteiger partial charge is 0.147 e. The van der Waals surface area contributed by atoms with Crippen molar-refractivity contribution in [3.8, 4) is 5.69 Å². The summed E-state index contributed by atoms with van der Waals surface area (Å²) in [6.45, 7) is 3.90. The highest BCUT2D eigenvalue weighted by Crippen LogP contribution is 2.28. The number of hydrogen-bond acceptors (Lipinski definition) is 2. The van der Waals surface area contributed by atoms with Crippen molar-refractivity contribution in [2.24, 2.45) is 0 Å². The zero-order valence-corrected chi connectivity index (χ0v) is 10.00. The third-order valence-corrected chi connectivity index (χ3v) is 3.34. The average Bonchev–Trinajstić information content (AvgIpc) is 2.70. The van der Waals surface area contributed by atoms with Crippen molar-refractivity contribution >= 4 is 0 Å². The Hall–Kier alpha value is -1.71. The second-order valence-corrected chi connectivity index (χ2v) is 4.44. The van der Waals surface area contributed by atoms with E-state index in [0.29, 0.717) is 5.69 Å². The number of rotatable bonds is 1. The Labute approximate surface area is 99.3 Å². The van der Waals surface area contributed by atoms with Gasteiger partial charge in [0.05, 0.1) is 5.69 Å². The molecule has 0 fully saturated rings. The summed E-state index contributed by atoms with van der Waals surface area (Å²) in [7, 11) is 0. The lowest BCUT2D eigenvalue weighted by atomic mass is 9.99. The zero-order chi connectivity index (χ0) is 12.0. The molecule has 1 aromatic carbocycles. The summed E-state index contributed by atoms with van der Waals surface area (Å²) in [6, 6.07) is 3.72.